The summed E-state index contributed by atoms with van der Waals surface area (Å²) >= 11 is 2.11. The van der Waals surface area contributed by atoms with E-state index in [4.69, 9.17) is 0 Å². The minimum Gasteiger partial charge on any atom is -0.313 e. The van der Waals surface area contributed by atoms with E-state index in [-0.39, 0.29) is 0 Å². The molecule has 1 atom stereocenters. The van der Waals surface area contributed by atoms with Crippen LogP contribution in [0.15, 0.2) is 12.7 Å². The van der Waals surface area contributed by atoms with Crippen molar-refractivity contribution in [3.05, 3.63) is 12.7 Å². The molecule has 0 radical (unpaired) electrons. The molecule has 1 fully saturated rings. The van der Waals surface area contributed by atoms with Crippen LogP contribution >= 0.6 is 11.8 Å². The highest BCUT2D eigenvalue weighted by Gasteiger charge is 2.15. The minimum atomic E-state index is 0.496. The lowest BCUT2D eigenvalue weighted by Gasteiger charge is -2.13. The predicted molar refractivity (Wildman–Crippen MR) is 57.8 cm³/mol. The van der Waals surface area contributed by atoms with Crippen molar-refractivity contribution < 1.29 is 0 Å². The molecule has 0 saturated heterocycles. The molecule has 0 bridgehead atoms. The Morgan fingerprint density at radius 1 is 1.58 bits per heavy atom. The first-order valence-corrected chi connectivity index (χ1v) is 5.83. The van der Waals surface area contributed by atoms with Gasteiger partial charge in [-0.25, -0.2) is 0 Å². The molecule has 12 heavy (non-hydrogen) atoms. The zero-order valence-corrected chi connectivity index (χ0v) is 8.70. The molecule has 70 valence electrons. The van der Waals surface area contributed by atoms with Crippen molar-refractivity contribution in [3.8, 4) is 0 Å². The molecule has 0 aromatic rings. The molecule has 0 aromatic heterocycles. The van der Waals surface area contributed by atoms with Gasteiger partial charge >= 0.3 is 0 Å². The lowest BCUT2D eigenvalue weighted by Crippen LogP contribution is -2.25. The summed E-state index contributed by atoms with van der Waals surface area (Å²) in [6.07, 6.45) is 7.74. The fourth-order valence-electron chi connectivity index (χ4n) is 1.56. The Kier molecular flexibility index (Phi) is 4.77. The Balaban J connectivity index is 2.10. The quantitative estimate of drug-likeness (QED) is 0.660. The molecule has 2 heteroatoms. The average Bonchev–Trinajstić information content (AvgIpc) is 2.59. The SMILES string of the molecule is C=CC(CSC1CCCC1)NC. The maximum absolute atomic E-state index is 3.80. The van der Waals surface area contributed by atoms with Gasteiger partial charge in [-0.2, -0.15) is 11.8 Å². The molecule has 0 spiro atoms. The van der Waals surface area contributed by atoms with E-state index >= 15 is 0 Å². The molecular formula is C10H19NS. The van der Waals surface area contributed by atoms with Crippen LogP contribution < -0.4 is 5.32 Å². The molecule has 1 aliphatic rings. The van der Waals surface area contributed by atoms with Crippen LogP contribution in [0.25, 0.3) is 0 Å². The molecule has 0 heterocycles. The van der Waals surface area contributed by atoms with Gasteiger partial charge in [-0.05, 0) is 19.9 Å². The lowest BCUT2D eigenvalue weighted by molar-refractivity contribution is 0.736. The zero-order chi connectivity index (χ0) is 8.81. The van der Waals surface area contributed by atoms with Gasteiger partial charge in [0.2, 0.25) is 0 Å². The van der Waals surface area contributed by atoms with Crippen molar-refractivity contribution in [1.82, 2.24) is 5.32 Å². The van der Waals surface area contributed by atoms with Crippen molar-refractivity contribution in [2.75, 3.05) is 12.8 Å². The smallest absolute Gasteiger partial charge is 0.0336 e. The van der Waals surface area contributed by atoms with Crippen LogP contribution in [0.3, 0.4) is 0 Å². The number of hydrogen-bond donors (Lipinski definition) is 1. The predicted octanol–water partition coefficient (Wildman–Crippen LogP) is 2.44. The first-order valence-electron chi connectivity index (χ1n) is 4.78. The summed E-state index contributed by atoms with van der Waals surface area (Å²) in [7, 11) is 2.00. The highest BCUT2D eigenvalue weighted by atomic mass is 32.2. The van der Waals surface area contributed by atoms with Crippen molar-refractivity contribution >= 4 is 11.8 Å². The largest absolute Gasteiger partial charge is 0.313 e. The second-order valence-electron chi connectivity index (χ2n) is 3.37. The minimum absolute atomic E-state index is 0.496. The van der Waals surface area contributed by atoms with Gasteiger partial charge in [0.15, 0.2) is 0 Å². The number of rotatable bonds is 5. The van der Waals surface area contributed by atoms with Crippen molar-refractivity contribution in [2.45, 2.75) is 37.0 Å². The number of hydrogen-bond acceptors (Lipinski definition) is 2. The molecule has 1 N–H and O–H groups in total. The monoisotopic (exact) mass is 185 g/mol. The molecule has 1 saturated carbocycles. The van der Waals surface area contributed by atoms with Gasteiger partial charge in [-0.3, -0.25) is 0 Å². The fraction of sp³-hybridized carbons (Fsp3) is 0.800. The molecule has 1 aliphatic carbocycles. The number of likely N-dealkylation sites (N-methyl/N-ethyl adjacent to an activating group) is 1. The van der Waals surface area contributed by atoms with E-state index in [9.17, 15) is 0 Å². The third-order valence-corrected chi connectivity index (χ3v) is 3.96. The Morgan fingerprint density at radius 2 is 2.25 bits per heavy atom. The van der Waals surface area contributed by atoms with Gasteiger partial charge in [0, 0.05) is 17.0 Å². The highest BCUT2D eigenvalue weighted by molar-refractivity contribution is 7.99. The Labute approximate surface area is 80.0 Å². The highest BCUT2D eigenvalue weighted by Crippen LogP contribution is 2.29. The van der Waals surface area contributed by atoms with Crippen LogP contribution in [0.2, 0.25) is 0 Å². The van der Waals surface area contributed by atoms with Crippen LogP contribution in [0.5, 0.6) is 0 Å². The summed E-state index contributed by atoms with van der Waals surface area (Å²) in [5, 5.41) is 4.17. The van der Waals surface area contributed by atoms with Gasteiger partial charge in [0.05, 0.1) is 0 Å². The first-order chi connectivity index (χ1) is 5.86. The second kappa shape index (κ2) is 5.65. The summed E-state index contributed by atoms with van der Waals surface area (Å²) in [6.45, 7) is 3.80. The molecule has 0 aromatic carbocycles. The third-order valence-electron chi connectivity index (χ3n) is 2.47. The molecule has 1 nitrogen and oxygen atoms in total. The Hall–Kier alpha value is 0.0500. The van der Waals surface area contributed by atoms with Crippen molar-refractivity contribution in [1.29, 1.82) is 0 Å². The third kappa shape index (κ3) is 3.20. The molecule has 0 amide bonds. The number of thioether (sulfide) groups is 1. The van der Waals surface area contributed by atoms with E-state index in [0.29, 0.717) is 6.04 Å². The summed E-state index contributed by atoms with van der Waals surface area (Å²) in [5.74, 6) is 1.19. The van der Waals surface area contributed by atoms with Crippen LogP contribution in [-0.2, 0) is 0 Å². The van der Waals surface area contributed by atoms with Gasteiger partial charge in [-0.1, -0.05) is 18.9 Å². The van der Waals surface area contributed by atoms with Crippen LogP contribution in [0, 0.1) is 0 Å². The van der Waals surface area contributed by atoms with Gasteiger partial charge in [-0.15, -0.1) is 6.58 Å². The van der Waals surface area contributed by atoms with Gasteiger partial charge in [0.1, 0.15) is 0 Å². The maximum atomic E-state index is 3.80. The van der Waals surface area contributed by atoms with Crippen molar-refractivity contribution in [3.63, 3.8) is 0 Å². The molecular weight excluding hydrogens is 166 g/mol. The van der Waals surface area contributed by atoms with Crippen LogP contribution in [-0.4, -0.2) is 24.1 Å². The topological polar surface area (TPSA) is 12.0 Å². The Morgan fingerprint density at radius 3 is 2.75 bits per heavy atom. The molecule has 0 aliphatic heterocycles. The first kappa shape index (κ1) is 10.1. The second-order valence-corrected chi connectivity index (χ2v) is 4.70. The maximum Gasteiger partial charge on any atom is 0.0336 e. The standard InChI is InChI=1S/C10H19NS/c1-3-9(11-2)8-12-10-6-4-5-7-10/h3,9-11H,1,4-8H2,2H3. The van der Waals surface area contributed by atoms with E-state index in [1.807, 2.05) is 13.1 Å². The average molecular weight is 185 g/mol. The summed E-state index contributed by atoms with van der Waals surface area (Å²) in [5.41, 5.74) is 0. The lowest BCUT2D eigenvalue weighted by atomic mass is 10.3. The van der Waals surface area contributed by atoms with E-state index in [0.717, 1.165) is 5.25 Å². The van der Waals surface area contributed by atoms with E-state index in [2.05, 4.69) is 23.7 Å². The number of nitrogens with one attached hydrogen (secondary N) is 1. The van der Waals surface area contributed by atoms with E-state index < -0.39 is 0 Å². The van der Waals surface area contributed by atoms with Crippen molar-refractivity contribution in [2.24, 2.45) is 0 Å². The van der Waals surface area contributed by atoms with E-state index in [1.165, 1.54) is 31.4 Å². The Bertz CT molecular complexity index is 130. The van der Waals surface area contributed by atoms with E-state index in [1.54, 1.807) is 0 Å². The van der Waals surface area contributed by atoms with Gasteiger partial charge < -0.3 is 5.32 Å². The fourth-order valence-corrected chi connectivity index (χ4v) is 3.01. The molecule has 1 rings (SSSR count). The normalized spacial score (nSPS) is 21.1. The summed E-state index contributed by atoms with van der Waals surface area (Å²) in [4.78, 5) is 0. The van der Waals surface area contributed by atoms with Crippen LogP contribution in [0.4, 0.5) is 0 Å². The summed E-state index contributed by atoms with van der Waals surface area (Å²) < 4.78 is 0. The van der Waals surface area contributed by atoms with Gasteiger partial charge in [0.25, 0.3) is 0 Å². The summed E-state index contributed by atoms with van der Waals surface area (Å²) in [6, 6.07) is 0.496. The van der Waals surface area contributed by atoms with Crippen LogP contribution in [0.1, 0.15) is 25.7 Å². The molecule has 1 unspecified atom stereocenters. The zero-order valence-electron chi connectivity index (χ0n) is 7.88.